The minimum atomic E-state index is -0.490. The van der Waals surface area contributed by atoms with Crippen LogP contribution in [-0.2, 0) is 0 Å². The van der Waals surface area contributed by atoms with E-state index >= 15 is 0 Å². The van der Waals surface area contributed by atoms with Crippen molar-refractivity contribution in [3.05, 3.63) is 63.1 Å². The van der Waals surface area contributed by atoms with E-state index in [1.807, 2.05) is 37.3 Å². The number of hydrazine groups is 1. The zero-order chi connectivity index (χ0) is 21.7. The zero-order valence-electron chi connectivity index (χ0n) is 16.6. The van der Waals surface area contributed by atoms with Crippen LogP contribution in [0.3, 0.4) is 0 Å². The molecule has 0 saturated heterocycles. The van der Waals surface area contributed by atoms with Crippen LogP contribution < -0.4 is 20.3 Å². The third-order valence-electron chi connectivity index (χ3n) is 4.09. The summed E-state index contributed by atoms with van der Waals surface area (Å²) in [6, 6.07) is 12.7. The van der Waals surface area contributed by atoms with E-state index < -0.39 is 11.8 Å². The lowest BCUT2D eigenvalue weighted by molar-refractivity contribution is 0.0848. The number of amides is 2. The summed E-state index contributed by atoms with van der Waals surface area (Å²) in [6.07, 6.45) is 0. The maximum absolute atomic E-state index is 12.6. The molecule has 0 aliphatic rings. The maximum Gasteiger partial charge on any atom is 0.281 e. The largest absolute Gasteiger partial charge is 0.493 e. The first-order valence-electron chi connectivity index (χ1n) is 9.08. The molecule has 0 fully saturated rings. The van der Waals surface area contributed by atoms with E-state index in [1.165, 1.54) is 18.4 Å². The summed E-state index contributed by atoms with van der Waals surface area (Å²) in [7, 11) is 1.49. The van der Waals surface area contributed by atoms with Crippen molar-refractivity contribution in [3.63, 3.8) is 0 Å². The molecule has 3 aromatic rings. The van der Waals surface area contributed by atoms with Crippen LogP contribution in [0, 0.1) is 6.92 Å². The Hall–Kier alpha value is -2.91. The molecule has 0 aliphatic carbocycles. The number of halogens is 1. The Kier molecular flexibility index (Phi) is 7.07. The minimum Gasteiger partial charge on any atom is -0.493 e. The highest BCUT2D eigenvalue weighted by atomic mass is 79.9. The molecule has 0 spiro atoms. The normalized spacial score (nSPS) is 10.4. The van der Waals surface area contributed by atoms with E-state index in [4.69, 9.17) is 9.47 Å². The zero-order valence-corrected chi connectivity index (χ0v) is 19.0. The number of methoxy groups -OCH3 is 1. The van der Waals surface area contributed by atoms with Gasteiger partial charge in [-0.25, -0.2) is 4.98 Å². The molecule has 30 heavy (non-hydrogen) atoms. The third kappa shape index (κ3) is 4.80. The summed E-state index contributed by atoms with van der Waals surface area (Å²) < 4.78 is 11.4. The number of aromatic nitrogens is 1. The topological polar surface area (TPSA) is 89.6 Å². The van der Waals surface area contributed by atoms with Crippen molar-refractivity contribution in [2.24, 2.45) is 0 Å². The molecule has 2 amide bonds. The van der Waals surface area contributed by atoms with Gasteiger partial charge in [-0.3, -0.25) is 20.4 Å². The second-order valence-electron chi connectivity index (χ2n) is 6.13. The quantitative estimate of drug-likeness (QED) is 0.502. The number of nitrogens with zero attached hydrogens (tertiary/aromatic N) is 1. The lowest BCUT2D eigenvalue weighted by Gasteiger charge is -2.13. The SMILES string of the molecule is CCOc1c(Br)cc(C(=O)NNC(=O)c2sc(-c3ccccc3)nc2C)cc1OC. The molecule has 0 unspecified atom stereocenters. The van der Waals surface area contributed by atoms with Crippen LogP contribution in [0.4, 0.5) is 0 Å². The number of benzene rings is 2. The molecule has 0 bridgehead atoms. The van der Waals surface area contributed by atoms with E-state index in [-0.39, 0.29) is 0 Å². The molecule has 9 heteroatoms. The number of hydrogen-bond donors (Lipinski definition) is 2. The van der Waals surface area contributed by atoms with Gasteiger partial charge in [0.15, 0.2) is 11.5 Å². The van der Waals surface area contributed by atoms with Crippen LogP contribution in [0.25, 0.3) is 10.6 Å². The number of rotatable bonds is 6. The van der Waals surface area contributed by atoms with Gasteiger partial charge in [-0.05, 0) is 41.9 Å². The van der Waals surface area contributed by atoms with Gasteiger partial charge in [0, 0.05) is 11.1 Å². The second-order valence-corrected chi connectivity index (χ2v) is 7.98. The monoisotopic (exact) mass is 489 g/mol. The molecule has 2 N–H and O–H groups in total. The highest BCUT2D eigenvalue weighted by Crippen LogP contribution is 2.36. The molecule has 0 saturated carbocycles. The number of nitrogens with one attached hydrogen (secondary N) is 2. The number of aryl methyl sites for hydroxylation is 1. The van der Waals surface area contributed by atoms with Crippen LogP contribution in [0.15, 0.2) is 46.9 Å². The Morgan fingerprint density at radius 3 is 2.50 bits per heavy atom. The molecule has 7 nitrogen and oxygen atoms in total. The lowest BCUT2D eigenvalue weighted by Crippen LogP contribution is -2.41. The predicted molar refractivity (Wildman–Crippen MR) is 119 cm³/mol. The third-order valence-corrected chi connectivity index (χ3v) is 5.89. The van der Waals surface area contributed by atoms with Crippen LogP contribution in [-0.4, -0.2) is 30.5 Å². The van der Waals surface area contributed by atoms with Gasteiger partial charge in [0.1, 0.15) is 9.88 Å². The Bertz CT molecular complexity index is 1070. The van der Waals surface area contributed by atoms with Crippen molar-refractivity contribution in [2.75, 3.05) is 13.7 Å². The lowest BCUT2D eigenvalue weighted by atomic mass is 10.2. The van der Waals surface area contributed by atoms with E-state index in [1.54, 1.807) is 19.1 Å². The molecule has 1 aromatic heterocycles. The Labute approximate surface area is 186 Å². The Morgan fingerprint density at radius 2 is 1.83 bits per heavy atom. The van der Waals surface area contributed by atoms with Crippen molar-refractivity contribution in [1.82, 2.24) is 15.8 Å². The summed E-state index contributed by atoms with van der Waals surface area (Å²) in [5.74, 6) is -0.00355. The summed E-state index contributed by atoms with van der Waals surface area (Å²) in [4.78, 5) is 30.0. The van der Waals surface area contributed by atoms with E-state index in [0.29, 0.717) is 38.7 Å². The van der Waals surface area contributed by atoms with Crippen molar-refractivity contribution >= 4 is 39.1 Å². The molecular formula is C21H20BrN3O4S. The van der Waals surface area contributed by atoms with Gasteiger partial charge in [0.2, 0.25) is 0 Å². The van der Waals surface area contributed by atoms with Gasteiger partial charge in [0.05, 0.1) is 23.9 Å². The molecule has 156 valence electrons. The summed E-state index contributed by atoms with van der Waals surface area (Å²) >= 11 is 4.65. The summed E-state index contributed by atoms with van der Waals surface area (Å²) in [5, 5.41) is 0.741. The number of carbonyl (C=O) groups is 2. The van der Waals surface area contributed by atoms with Crippen LogP contribution in [0.5, 0.6) is 11.5 Å². The minimum absolute atomic E-state index is 0.300. The first kappa shape index (κ1) is 21.8. The number of thiazole rings is 1. The fraction of sp³-hybridized carbons (Fsp3) is 0.190. The highest BCUT2D eigenvalue weighted by Gasteiger charge is 2.19. The molecular weight excluding hydrogens is 470 g/mol. The van der Waals surface area contributed by atoms with Crippen LogP contribution >= 0.6 is 27.3 Å². The van der Waals surface area contributed by atoms with Gasteiger partial charge in [-0.1, -0.05) is 30.3 Å². The molecule has 3 rings (SSSR count). The van der Waals surface area contributed by atoms with Gasteiger partial charge >= 0.3 is 0 Å². The van der Waals surface area contributed by atoms with Crippen molar-refractivity contribution in [2.45, 2.75) is 13.8 Å². The van der Waals surface area contributed by atoms with Crippen LogP contribution in [0.2, 0.25) is 0 Å². The fourth-order valence-electron chi connectivity index (χ4n) is 2.69. The second kappa shape index (κ2) is 9.73. The summed E-state index contributed by atoms with van der Waals surface area (Å²) in [5.41, 5.74) is 6.69. The Morgan fingerprint density at radius 1 is 1.13 bits per heavy atom. The molecule has 1 heterocycles. The standard InChI is InChI=1S/C21H20BrN3O4S/c1-4-29-17-15(22)10-14(11-16(17)28-3)19(26)24-25-20(27)18-12(2)23-21(30-18)13-8-6-5-7-9-13/h5-11H,4H2,1-3H3,(H,24,26)(H,25,27). The number of ether oxygens (including phenoxy) is 2. The average Bonchev–Trinajstić information content (AvgIpc) is 3.15. The van der Waals surface area contributed by atoms with Crippen molar-refractivity contribution in [1.29, 1.82) is 0 Å². The fourth-order valence-corrected chi connectivity index (χ4v) is 4.21. The first-order valence-corrected chi connectivity index (χ1v) is 10.7. The van der Waals surface area contributed by atoms with E-state index in [0.717, 1.165) is 10.6 Å². The number of carbonyl (C=O) groups excluding carboxylic acids is 2. The molecule has 0 atom stereocenters. The Balaban J connectivity index is 1.71. The number of hydrogen-bond acceptors (Lipinski definition) is 6. The molecule has 0 aliphatic heterocycles. The van der Waals surface area contributed by atoms with Crippen molar-refractivity contribution in [3.8, 4) is 22.1 Å². The first-order chi connectivity index (χ1) is 14.4. The van der Waals surface area contributed by atoms with E-state index in [9.17, 15) is 9.59 Å². The van der Waals surface area contributed by atoms with Crippen molar-refractivity contribution < 1.29 is 19.1 Å². The van der Waals surface area contributed by atoms with Crippen LogP contribution in [0.1, 0.15) is 32.6 Å². The van der Waals surface area contributed by atoms with Gasteiger partial charge < -0.3 is 9.47 Å². The molecule has 0 radical (unpaired) electrons. The van der Waals surface area contributed by atoms with Gasteiger partial charge in [-0.15, -0.1) is 11.3 Å². The van der Waals surface area contributed by atoms with E-state index in [2.05, 4.69) is 31.8 Å². The smallest absolute Gasteiger partial charge is 0.281 e. The van der Waals surface area contributed by atoms with Gasteiger partial charge in [-0.2, -0.15) is 0 Å². The predicted octanol–water partition coefficient (Wildman–Crippen LogP) is 4.36. The highest BCUT2D eigenvalue weighted by molar-refractivity contribution is 9.10. The average molecular weight is 490 g/mol. The summed E-state index contributed by atoms with van der Waals surface area (Å²) in [6.45, 7) is 4.07. The molecule has 2 aromatic carbocycles. The maximum atomic E-state index is 12.6. The van der Waals surface area contributed by atoms with Gasteiger partial charge in [0.25, 0.3) is 11.8 Å².